The molecule has 126 valence electrons. The van der Waals surface area contributed by atoms with Crippen LogP contribution < -0.4 is 0 Å². The van der Waals surface area contributed by atoms with Crippen molar-refractivity contribution in [2.45, 2.75) is 6.92 Å². The zero-order valence-electron chi connectivity index (χ0n) is 14.8. The molecule has 1 heterocycles. The van der Waals surface area contributed by atoms with Gasteiger partial charge in [-0.2, -0.15) is 0 Å². The van der Waals surface area contributed by atoms with Crippen molar-refractivity contribution in [2.75, 3.05) is 0 Å². The Hall–Kier alpha value is -3.31. The fourth-order valence-electron chi connectivity index (χ4n) is 3.24. The van der Waals surface area contributed by atoms with Gasteiger partial charge in [0.05, 0.1) is 11.3 Å². The molecule has 2 heteroatoms. The molecule has 0 saturated carbocycles. The summed E-state index contributed by atoms with van der Waals surface area (Å²) < 4.78 is 15.5. The molecule has 4 aromatic rings. The highest BCUT2D eigenvalue weighted by molar-refractivity contribution is 5.95. The van der Waals surface area contributed by atoms with Crippen molar-refractivity contribution in [2.24, 2.45) is 7.05 Å². The Bertz CT molecular complexity index is 1140. The van der Waals surface area contributed by atoms with Gasteiger partial charge in [-0.15, -0.1) is 0 Å². The van der Waals surface area contributed by atoms with E-state index < -0.39 is 0 Å². The smallest absolute Gasteiger partial charge is 0.123 e. The van der Waals surface area contributed by atoms with Gasteiger partial charge in [-0.3, -0.25) is 0 Å². The van der Waals surface area contributed by atoms with Crippen LogP contribution in [0.15, 0.2) is 72.8 Å². The number of aryl methyl sites for hydroxylation is 2. The van der Waals surface area contributed by atoms with Gasteiger partial charge in [0.1, 0.15) is 5.82 Å². The lowest BCUT2D eigenvalue weighted by atomic mass is 10.0. The first kappa shape index (κ1) is 16.2. The van der Waals surface area contributed by atoms with Gasteiger partial charge < -0.3 is 4.57 Å². The van der Waals surface area contributed by atoms with Gasteiger partial charge >= 0.3 is 0 Å². The largest absolute Gasteiger partial charge is 0.343 e. The maximum Gasteiger partial charge on any atom is 0.123 e. The molecule has 0 aliphatic heterocycles. The lowest BCUT2D eigenvalue weighted by molar-refractivity contribution is 0.628. The molecule has 1 aromatic heterocycles. The topological polar surface area (TPSA) is 4.93 Å². The van der Waals surface area contributed by atoms with Gasteiger partial charge in [-0.25, -0.2) is 4.39 Å². The number of hydrogen-bond acceptors (Lipinski definition) is 0. The molecule has 0 radical (unpaired) electrons. The summed E-state index contributed by atoms with van der Waals surface area (Å²) in [6, 6.07) is 23.0. The zero-order chi connectivity index (χ0) is 18.1. The summed E-state index contributed by atoms with van der Waals surface area (Å²) in [5.41, 5.74) is 6.24. The quantitative estimate of drug-likeness (QED) is 0.392. The molecule has 3 aromatic carbocycles. The van der Waals surface area contributed by atoms with Gasteiger partial charge in [0, 0.05) is 23.5 Å². The average molecular weight is 339 g/mol. The van der Waals surface area contributed by atoms with Crippen LogP contribution in [-0.2, 0) is 7.05 Å². The standard InChI is InChI=1S/C24H18FN/c1-17-7-9-18(10-8-17)11-16-22-21-5-3-4-6-23(21)26(2)24(22)19-12-14-20(25)15-13-19/h3-10,12-15H,1-2H3. The number of fused-ring (bicyclic) bond motifs is 1. The molecule has 0 amide bonds. The lowest BCUT2D eigenvalue weighted by Crippen LogP contribution is -1.93. The Labute approximate surface area is 152 Å². The highest BCUT2D eigenvalue weighted by Crippen LogP contribution is 2.32. The van der Waals surface area contributed by atoms with E-state index >= 15 is 0 Å². The minimum absolute atomic E-state index is 0.236. The number of hydrogen-bond donors (Lipinski definition) is 0. The van der Waals surface area contributed by atoms with Crippen molar-refractivity contribution < 1.29 is 4.39 Å². The SMILES string of the molecule is Cc1ccc(C#Cc2c(-c3ccc(F)cc3)n(C)c3ccccc23)cc1. The minimum Gasteiger partial charge on any atom is -0.343 e. The fourth-order valence-corrected chi connectivity index (χ4v) is 3.24. The third kappa shape index (κ3) is 2.89. The van der Waals surface area contributed by atoms with E-state index in [0.717, 1.165) is 33.3 Å². The number of benzene rings is 3. The maximum atomic E-state index is 13.4. The molecule has 0 aliphatic rings. The van der Waals surface area contributed by atoms with Crippen molar-refractivity contribution in [3.05, 3.63) is 95.3 Å². The molecule has 0 aliphatic carbocycles. The molecular weight excluding hydrogens is 321 g/mol. The molecule has 0 atom stereocenters. The van der Waals surface area contributed by atoms with Crippen molar-refractivity contribution in [3.63, 3.8) is 0 Å². The molecule has 0 saturated heterocycles. The number of para-hydroxylation sites is 1. The predicted molar refractivity (Wildman–Crippen MR) is 105 cm³/mol. The Balaban J connectivity index is 1.94. The summed E-state index contributed by atoms with van der Waals surface area (Å²) in [6.45, 7) is 2.06. The third-order valence-electron chi connectivity index (χ3n) is 4.61. The summed E-state index contributed by atoms with van der Waals surface area (Å²) in [6.07, 6.45) is 0. The van der Waals surface area contributed by atoms with Crippen LogP contribution in [-0.4, -0.2) is 4.57 Å². The van der Waals surface area contributed by atoms with Gasteiger partial charge in [-0.05, 0) is 55.0 Å². The number of nitrogens with zero attached hydrogens (tertiary/aromatic N) is 1. The van der Waals surface area contributed by atoms with Gasteiger partial charge in [0.25, 0.3) is 0 Å². The number of aromatic nitrogens is 1. The van der Waals surface area contributed by atoms with Crippen molar-refractivity contribution in [1.29, 1.82) is 0 Å². The van der Waals surface area contributed by atoms with Crippen LogP contribution in [0.3, 0.4) is 0 Å². The van der Waals surface area contributed by atoms with Crippen LogP contribution in [0.2, 0.25) is 0 Å². The molecule has 0 unspecified atom stereocenters. The first-order chi connectivity index (χ1) is 12.6. The first-order valence-corrected chi connectivity index (χ1v) is 8.55. The molecule has 26 heavy (non-hydrogen) atoms. The second kappa shape index (κ2) is 6.54. The van der Waals surface area contributed by atoms with E-state index in [9.17, 15) is 4.39 Å². The molecule has 0 N–H and O–H groups in total. The van der Waals surface area contributed by atoms with Crippen LogP contribution in [0.1, 0.15) is 16.7 Å². The van der Waals surface area contributed by atoms with Crippen LogP contribution in [0.25, 0.3) is 22.2 Å². The summed E-state index contributed by atoms with van der Waals surface area (Å²) >= 11 is 0. The first-order valence-electron chi connectivity index (χ1n) is 8.55. The van der Waals surface area contributed by atoms with E-state index in [1.165, 1.54) is 17.7 Å². The van der Waals surface area contributed by atoms with Crippen LogP contribution in [0.4, 0.5) is 4.39 Å². The molecule has 1 nitrogen and oxygen atoms in total. The van der Waals surface area contributed by atoms with Crippen molar-refractivity contribution in [1.82, 2.24) is 4.57 Å². The van der Waals surface area contributed by atoms with Crippen molar-refractivity contribution in [3.8, 4) is 23.1 Å². The average Bonchev–Trinajstić information content (AvgIpc) is 2.94. The number of rotatable bonds is 1. The van der Waals surface area contributed by atoms with E-state index in [1.54, 1.807) is 12.1 Å². The van der Waals surface area contributed by atoms with Gasteiger partial charge in [0.15, 0.2) is 0 Å². The highest BCUT2D eigenvalue weighted by Gasteiger charge is 2.15. The molecule has 0 fully saturated rings. The van der Waals surface area contributed by atoms with Crippen LogP contribution in [0.5, 0.6) is 0 Å². The van der Waals surface area contributed by atoms with E-state index in [4.69, 9.17) is 0 Å². The Morgan fingerprint density at radius 2 is 1.50 bits per heavy atom. The Morgan fingerprint density at radius 3 is 2.23 bits per heavy atom. The van der Waals surface area contributed by atoms with Gasteiger partial charge in [0.2, 0.25) is 0 Å². The minimum atomic E-state index is -0.236. The highest BCUT2D eigenvalue weighted by atomic mass is 19.1. The summed E-state index contributed by atoms with van der Waals surface area (Å²) in [5.74, 6) is 6.40. The number of halogens is 1. The summed E-state index contributed by atoms with van der Waals surface area (Å²) in [5, 5.41) is 1.11. The summed E-state index contributed by atoms with van der Waals surface area (Å²) in [4.78, 5) is 0. The molecular formula is C24H18FN. The lowest BCUT2D eigenvalue weighted by Gasteiger charge is -2.05. The predicted octanol–water partition coefficient (Wildman–Crippen LogP) is 5.69. The van der Waals surface area contributed by atoms with Gasteiger partial charge in [-0.1, -0.05) is 47.7 Å². The second-order valence-electron chi connectivity index (χ2n) is 6.42. The van der Waals surface area contributed by atoms with E-state index in [1.807, 2.05) is 31.3 Å². The Kier molecular flexibility index (Phi) is 4.07. The van der Waals surface area contributed by atoms with E-state index in [-0.39, 0.29) is 5.82 Å². The fraction of sp³-hybridized carbons (Fsp3) is 0.0833. The third-order valence-corrected chi connectivity index (χ3v) is 4.61. The van der Waals surface area contributed by atoms with E-state index in [0.29, 0.717) is 0 Å². The molecule has 4 rings (SSSR count). The molecule has 0 bridgehead atoms. The summed E-state index contributed by atoms with van der Waals surface area (Å²) in [7, 11) is 2.03. The second-order valence-corrected chi connectivity index (χ2v) is 6.42. The normalized spacial score (nSPS) is 10.6. The monoisotopic (exact) mass is 339 g/mol. The maximum absolute atomic E-state index is 13.4. The zero-order valence-corrected chi connectivity index (χ0v) is 14.8. The van der Waals surface area contributed by atoms with Crippen molar-refractivity contribution >= 4 is 10.9 Å². The van der Waals surface area contributed by atoms with E-state index in [2.05, 4.69) is 47.6 Å². The van der Waals surface area contributed by atoms with Crippen LogP contribution in [0, 0.1) is 24.6 Å². The molecule has 0 spiro atoms. The van der Waals surface area contributed by atoms with Crippen LogP contribution >= 0.6 is 0 Å². The Morgan fingerprint density at radius 1 is 0.808 bits per heavy atom.